The predicted molar refractivity (Wildman–Crippen MR) is 53.0 cm³/mol. The molecular weight excluding hydrogens is 203 g/mol. The van der Waals surface area contributed by atoms with Crippen molar-refractivity contribution in [3.05, 3.63) is 35.9 Å². The normalized spacial score (nSPS) is 17.4. The van der Waals surface area contributed by atoms with E-state index in [2.05, 4.69) is 4.52 Å². The molecule has 1 aromatic carbocycles. The van der Waals surface area contributed by atoms with E-state index in [-0.39, 0.29) is 0 Å². The summed E-state index contributed by atoms with van der Waals surface area (Å²) in [4.78, 5) is 9.44. The molecule has 4 nitrogen and oxygen atoms in total. The quantitative estimate of drug-likeness (QED) is 0.783. The van der Waals surface area contributed by atoms with Crippen molar-refractivity contribution in [2.45, 2.75) is 5.85 Å². The predicted octanol–water partition coefficient (Wildman–Crippen LogP) is 2.16. The van der Waals surface area contributed by atoms with Gasteiger partial charge >= 0.3 is 7.60 Å². The number of ether oxygens (including phenoxy) is 1. The number of benzene rings is 1. The Morgan fingerprint density at radius 2 is 1.86 bits per heavy atom. The molecule has 0 spiro atoms. The van der Waals surface area contributed by atoms with E-state index in [1.54, 1.807) is 24.3 Å². The molecule has 0 aliphatic carbocycles. The Kier molecular flexibility index (Phi) is 3.84. The topological polar surface area (TPSA) is 55.8 Å². The Morgan fingerprint density at radius 3 is 2.29 bits per heavy atom. The molecule has 14 heavy (non-hydrogen) atoms. The standard InChI is InChI=1S/C9H13O4P/c1-12-9(14(10,11)13-2)8-6-4-3-5-7-8/h3-7,9H,1-2H3,(H,10,11)/t9-/m1/s1. The van der Waals surface area contributed by atoms with Crippen molar-refractivity contribution in [1.82, 2.24) is 0 Å². The van der Waals surface area contributed by atoms with E-state index in [4.69, 9.17) is 4.74 Å². The van der Waals surface area contributed by atoms with Crippen molar-refractivity contribution < 1.29 is 18.7 Å². The molecule has 0 radical (unpaired) electrons. The van der Waals surface area contributed by atoms with Crippen molar-refractivity contribution >= 4 is 7.60 Å². The second-order valence-electron chi connectivity index (χ2n) is 2.75. The molecule has 0 saturated heterocycles. The summed E-state index contributed by atoms with van der Waals surface area (Å²) in [5.41, 5.74) is 0.627. The zero-order valence-corrected chi connectivity index (χ0v) is 8.98. The maximum Gasteiger partial charge on any atom is 0.360 e. The van der Waals surface area contributed by atoms with E-state index < -0.39 is 13.4 Å². The van der Waals surface area contributed by atoms with Gasteiger partial charge in [-0.2, -0.15) is 0 Å². The SMILES string of the molecule is CO[C@@H](c1ccccc1)P(=O)(O)OC. The molecule has 0 bridgehead atoms. The van der Waals surface area contributed by atoms with Crippen molar-refractivity contribution in [3.8, 4) is 0 Å². The highest BCUT2D eigenvalue weighted by atomic mass is 31.2. The van der Waals surface area contributed by atoms with Gasteiger partial charge in [-0.15, -0.1) is 0 Å². The largest absolute Gasteiger partial charge is 0.364 e. The first-order valence-corrected chi connectivity index (χ1v) is 5.72. The van der Waals surface area contributed by atoms with Crippen LogP contribution in [0.5, 0.6) is 0 Å². The molecule has 0 aliphatic rings. The van der Waals surface area contributed by atoms with Crippen LogP contribution < -0.4 is 0 Å². The summed E-state index contributed by atoms with van der Waals surface area (Å²) in [6, 6.07) is 8.81. The molecule has 2 atom stereocenters. The van der Waals surface area contributed by atoms with Gasteiger partial charge in [-0.25, -0.2) is 0 Å². The highest BCUT2D eigenvalue weighted by Gasteiger charge is 2.32. The van der Waals surface area contributed by atoms with Gasteiger partial charge in [0, 0.05) is 14.2 Å². The first kappa shape index (κ1) is 11.4. The highest BCUT2D eigenvalue weighted by Crippen LogP contribution is 2.55. The fourth-order valence-electron chi connectivity index (χ4n) is 1.17. The molecule has 5 heteroatoms. The fourth-order valence-corrected chi connectivity index (χ4v) is 2.18. The van der Waals surface area contributed by atoms with Crippen LogP contribution in [-0.4, -0.2) is 19.1 Å². The second kappa shape index (κ2) is 4.71. The van der Waals surface area contributed by atoms with Gasteiger partial charge in [0.25, 0.3) is 0 Å². The number of rotatable bonds is 4. The average Bonchev–Trinajstić information content (AvgIpc) is 2.20. The van der Waals surface area contributed by atoms with Gasteiger partial charge in [0.2, 0.25) is 0 Å². The molecule has 0 aliphatic heterocycles. The minimum atomic E-state index is -3.73. The Bertz CT molecular complexity index is 325. The smallest absolute Gasteiger partial charge is 0.360 e. The Balaban J connectivity index is 3.00. The summed E-state index contributed by atoms with van der Waals surface area (Å²) < 4.78 is 21.0. The van der Waals surface area contributed by atoms with Crippen molar-refractivity contribution in [2.24, 2.45) is 0 Å². The molecule has 1 rings (SSSR count). The fraction of sp³-hybridized carbons (Fsp3) is 0.333. The average molecular weight is 216 g/mol. The Labute approximate surface area is 83.0 Å². The van der Waals surface area contributed by atoms with Crippen molar-refractivity contribution in [3.63, 3.8) is 0 Å². The summed E-state index contributed by atoms with van der Waals surface area (Å²) in [6.07, 6.45) is 0. The molecule has 0 heterocycles. The van der Waals surface area contributed by atoms with Crippen LogP contribution in [0.1, 0.15) is 11.4 Å². The minimum absolute atomic E-state index is 0.627. The first-order valence-electron chi connectivity index (χ1n) is 4.07. The molecule has 1 N–H and O–H groups in total. The van der Waals surface area contributed by atoms with Crippen molar-refractivity contribution in [1.29, 1.82) is 0 Å². The van der Waals surface area contributed by atoms with E-state index >= 15 is 0 Å². The summed E-state index contributed by atoms with van der Waals surface area (Å²) >= 11 is 0. The summed E-state index contributed by atoms with van der Waals surface area (Å²) in [6.45, 7) is 0. The van der Waals surface area contributed by atoms with Crippen LogP contribution in [0, 0.1) is 0 Å². The molecule has 0 aromatic heterocycles. The highest BCUT2D eigenvalue weighted by molar-refractivity contribution is 7.53. The zero-order valence-electron chi connectivity index (χ0n) is 8.08. The van der Waals surface area contributed by atoms with E-state index in [0.717, 1.165) is 0 Å². The van der Waals surface area contributed by atoms with E-state index in [1.807, 2.05) is 6.07 Å². The summed E-state index contributed by atoms with van der Waals surface area (Å²) in [5.74, 6) is -0.923. The van der Waals surface area contributed by atoms with Crippen LogP contribution in [0.4, 0.5) is 0 Å². The summed E-state index contributed by atoms with van der Waals surface area (Å²) in [7, 11) is -1.16. The third-order valence-electron chi connectivity index (χ3n) is 1.87. The van der Waals surface area contributed by atoms with E-state index in [1.165, 1.54) is 14.2 Å². The zero-order chi connectivity index (χ0) is 10.6. The van der Waals surface area contributed by atoms with Gasteiger partial charge in [-0.05, 0) is 5.56 Å². The first-order chi connectivity index (χ1) is 6.61. The van der Waals surface area contributed by atoms with Gasteiger partial charge in [0.15, 0.2) is 5.85 Å². The maximum absolute atomic E-state index is 11.5. The molecule has 1 aromatic rings. The lowest BCUT2D eigenvalue weighted by Gasteiger charge is -2.19. The molecular formula is C9H13O4P. The lowest BCUT2D eigenvalue weighted by Crippen LogP contribution is -2.03. The van der Waals surface area contributed by atoms with Gasteiger partial charge in [0.05, 0.1) is 0 Å². The monoisotopic (exact) mass is 216 g/mol. The van der Waals surface area contributed by atoms with Crippen LogP contribution in [-0.2, 0) is 13.8 Å². The van der Waals surface area contributed by atoms with Crippen LogP contribution in [0.25, 0.3) is 0 Å². The summed E-state index contributed by atoms with van der Waals surface area (Å²) in [5, 5.41) is 0. The van der Waals surface area contributed by atoms with Crippen LogP contribution in [0.3, 0.4) is 0 Å². The van der Waals surface area contributed by atoms with Gasteiger partial charge in [-0.1, -0.05) is 30.3 Å². The van der Waals surface area contributed by atoms with Crippen LogP contribution in [0.2, 0.25) is 0 Å². The number of methoxy groups -OCH3 is 1. The van der Waals surface area contributed by atoms with Gasteiger partial charge in [0.1, 0.15) is 0 Å². The van der Waals surface area contributed by atoms with Crippen LogP contribution in [0.15, 0.2) is 30.3 Å². The number of hydrogen-bond donors (Lipinski definition) is 1. The van der Waals surface area contributed by atoms with Gasteiger partial charge < -0.3 is 14.2 Å². The van der Waals surface area contributed by atoms with E-state index in [0.29, 0.717) is 5.56 Å². The second-order valence-corrected chi connectivity index (χ2v) is 4.71. The maximum atomic E-state index is 11.5. The molecule has 0 saturated carbocycles. The molecule has 78 valence electrons. The van der Waals surface area contributed by atoms with Crippen molar-refractivity contribution in [2.75, 3.05) is 14.2 Å². The van der Waals surface area contributed by atoms with Gasteiger partial charge in [-0.3, -0.25) is 4.57 Å². The lowest BCUT2D eigenvalue weighted by atomic mass is 10.2. The number of hydrogen-bond acceptors (Lipinski definition) is 3. The van der Waals surface area contributed by atoms with E-state index in [9.17, 15) is 9.46 Å². The Morgan fingerprint density at radius 1 is 1.29 bits per heavy atom. The van der Waals surface area contributed by atoms with Crippen LogP contribution >= 0.6 is 7.60 Å². The minimum Gasteiger partial charge on any atom is -0.364 e. The Hall–Kier alpha value is -0.670. The third-order valence-corrected chi connectivity index (χ3v) is 3.49. The molecule has 0 fully saturated rings. The lowest BCUT2D eigenvalue weighted by molar-refractivity contribution is 0.130. The molecule has 0 amide bonds. The molecule has 1 unspecified atom stereocenters. The third kappa shape index (κ3) is 2.42.